The molecular formula is C9H16F3NO. The lowest BCUT2D eigenvalue weighted by atomic mass is 9.87. The van der Waals surface area contributed by atoms with Crippen LogP contribution in [0.2, 0.25) is 0 Å². The number of halogens is 3. The maximum Gasteiger partial charge on any atom is 0.471 e. The molecule has 1 unspecified atom stereocenters. The van der Waals surface area contributed by atoms with Gasteiger partial charge in [-0.15, -0.1) is 0 Å². The van der Waals surface area contributed by atoms with Crippen molar-refractivity contribution in [1.82, 2.24) is 4.90 Å². The minimum Gasteiger partial charge on any atom is -0.335 e. The van der Waals surface area contributed by atoms with Crippen molar-refractivity contribution in [2.24, 2.45) is 5.41 Å². The first-order valence-electron chi connectivity index (χ1n) is 4.32. The Morgan fingerprint density at radius 3 is 1.79 bits per heavy atom. The van der Waals surface area contributed by atoms with Crippen LogP contribution < -0.4 is 0 Å². The maximum atomic E-state index is 12.1. The predicted molar refractivity (Wildman–Crippen MR) is 47.7 cm³/mol. The molecule has 0 heterocycles. The summed E-state index contributed by atoms with van der Waals surface area (Å²) < 4.78 is 36.2. The summed E-state index contributed by atoms with van der Waals surface area (Å²) in [5.41, 5.74) is -0.365. The standard InChI is InChI=1S/C9H16F3NO/c1-6(8(2,3)4)13(5)7(14)9(10,11)12/h6H,1-5H3. The van der Waals surface area contributed by atoms with E-state index in [-0.39, 0.29) is 5.41 Å². The third-order valence-corrected chi connectivity index (χ3v) is 2.40. The van der Waals surface area contributed by atoms with Crippen LogP contribution in [0, 0.1) is 5.41 Å². The van der Waals surface area contributed by atoms with Gasteiger partial charge < -0.3 is 4.90 Å². The number of nitrogens with zero attached hydrogens (tertiary/aromatic N) is 1. The molecule has 0 spiro atoms. The molecule has 5 heteroatoms. The Kier molecular flexibility index (Phi) is 3.59. The average Bonchev–Trinajstić information content (AvgIpc) is 1.97. The van der Waals surface area contributed by atoms with Crippen molar-refractivity contribution in [2.45, 2.75) is 39.9 Å². The maximum absolute atomic E-state index is 12.1. The van der Waals surface area contributed by atoms with E-state index in [1.165, 1.54) is 7.05 Å². The zero-order valence-electron chi connectivity index (χ0n) is 9.07. The van der Waals surface area contributed by atoms with Crippen LogP contribution in [-0.4, -0.2) is 30.1 Å². The molecule has 0 aromatic carbocycles. The third kappa shape index (κ3) is 3.20. The second-order valence-electron chi connectivity index (χ2n) is 4.46. The first kappa shape index (κ1) is 13.3. The minimum absolute atomic E-state index is 0.365. The fraction of sp³-hybridized carbons (Fsp3) is 0.889. The monoisotopic (exact) mass is 211 g/mol. The SMILES string of the molecule is CC(N(C)C(=O)C(F)(F)F)C(C)(C)C. The predicted octanol–water partition coefficient (Wildman–Crippen LogP) is 2.44. The molecule has 0 aromatic rings. The second-order valence-corrected chi connectivity index (χ2v) is 4.46. The molecule has 0 aliphatic rings. The summed E-state index contributed by atoms with van der Waals surface area (Å²) in [6.45, 7) is 6.97. The number of rotatable bonds is 1. The molecule has 0 aliphatic heterocycles. The molecule has 0 bridgehead atoms. The summed E-state index contributed by atoms with van der Waals surface area (Å²) >= 11 is 0. The van der Waals surface area contributed by atoms with Gasteiger partial charge in [0.2, 0.25) is 0 Å². The fourth-order valence-corrected chi connectivity index (χ4v) is 0.957. The molecule has 0 rings (SSSR count). The van der Waals surface area contributed by atoms with E-state index in [0.29, 0.717) is 0 Å². The van der Waals surface area contributed by atoms with Crippen LogP contribution in [0.15, 0.2) is 0 Å². The zero-order valence-corrected chi connectivity index (χ0v) is 9.07. The Morgan fingerprint density at radius 2 is 1.57 bits per heavy atom. The van der Waals surface area contributed by atoms with Crippen LogP contribution in [0.3, 0.4) is 0 Å². The van der Waals surface area contributed by atoms with Gasteiger partial charge in [0.25, 0.3) is 0 Å². The molecule has 0 aliphatic carbocycles. The van der Waals surface area contributed by atoms with Gasteiger partial charge in [0.05, 0.1) is 0 Å². The Morgan fingerprint density at radius 1 is 1.21 bits per heavy atom. The van der Waals surface area contributed by atoms with Crippen molar-refractivity contribution in [3.63, 3.8) is 0 Å². The smallest absolute Gasteiger partial charge is 0.335 e. The van der Waals surface area contributed by atoms with E-state index in [4.69, 9.17) is 0 Å². The summed E-state index contributed by atoms with van der Waals surface area (Å²) in [5.74, 6) is -1.79. The highest BCUT2D eigenvalue weighted by atomic mass is 19.4. The topological polar surface area (TPSA) is 20.3 Å². The van der Waals surface area contributed by atoms with Crippen LogP contribution >= 0.6 is 0 Å². The average molecular weight is 211 g/mol. The highest BCUT2D eigenvalue weighted by Gasteiger charge is 2.44. The molecule has 2 nitrogen and oxygen atoms in total. The zero-order chi connectivity index (χ0) is 11.7. The van der Waals surface area contributed by atoms with E-state index in [0.717, 1.165) is 4.90 Å². The van der Waals surface area contributed by atoms with Gasteiger partial charge in [-0.2, -0.15) is 13.2 Å². The molecule has 0 radical (unpaired) electrons. The van der Waals surface area contributed by atoms with Crippen LogP contribution in [0.25, 0.3) is 0 Å². The van der Waals surface area contributed by atoms with E-state index >= 15 is 0 Å². The van der Waals surface area contributed by atoms with Crippen LogP contribution in [-0.2, 0) is 4.79 Å². The van der Waals surface area contributed by atoms with Crippen molar-refractivity contribution in [2.75, 3.05) is 7.05 Å². The first-order valence-corrected chi connectivity index (χ1v) is 4.32. The molecule has 14 heavy (non-hydrogen) atoms. The fourth-order valence-electron chi connectivity index (χ4n) is 0.957. The Labute approximate surface area is 82.1 Å². The summed E-state index contributed by atoms with van der Waals surface area (Å²) in [5, 5.41) is 0. The van der Waals surface area contributed by atoms with Crippen molar-refractivity contribution in [3.8, 4) is 0 Å². The van der Waals surface area contributed by atoms with Gasteiger partial charge in [-0.05, 0) is 12.3 Å². The molecule has 0 saturated heterocycles. The van der Waals surface area contributed by atoms with Gasteiger partial charge >= 0.3 is 12.1 Å². The quantitative estimate of drug-likeness (QED) is 0.652. The molecule has 84 valence electrons. The number of alkyl halides is 3. The summed E-state index contributed by atoms with van der Waals surface area (Å²) in [6, 6.07) is -0.461. The summed E-state index contributed by atoms with van der Waals surface area (Å²) in [7, 11) is 1.17. The van der Waals surface area contributed by atoms with Crippen molar-refractivity contribution >= 4 is 5.91 Å². The van der Waals surface area contributed by atoms with Crippen LogP contribution in [0.1, 0.15) is 27.7 Å². The van der Waals surface area contributed by atoms with E-state index < -0.39 is 18.1 Å². The lowest BCUT2D eigenvalue weighted by molar-refractivity contribution is -0.187. The summed E-state index contributed by atoms with van der Waals surface area (Å²) in [6.07, 6.45) is -4.78. The molecule has 0 saturated carbocycles. The van der Waals surface area contributed by atoms with Crippen LogP contribution in [0.5, 0.6) is 0 Å². The number of hydrogen-bond donors (Lipinski definition) is 0. The van der Waals surface area contributed by atoms with Gasteiger partial charge in [0.15, 0.2) is 0 Å². The van der Waals surface area contributed by atoms with Gasteiger partial charge in [-0.25, -0.2) is 0 Å². The third-order valence-electron chi connectivity index (χ3n) is 2.40. The lowest BCUT2D eigenvalue weighted by Crippen LogP contribution is -2.48. The number of carbonyl (C=O) groups is 1. The van der Waals surface area contributed by atoms with Crippen LogP contribution in [0.4, 0.5) is 13.2 Å². The lowest BCUT2D eigenvalue weighted by Gasteiger charge is -2.35. The molecule has 1 amide bonds. The number of hydrogen-bond acceptors (Lipinski definition) is 1. The summed E-state index contributed by atoms with van der Waals surface area (Å²) in [4.78, 5) is 11.6. The van der Waals surface area contributed by atoms with Gasteiger partial charge in [0.1, 0.15) is 0 Å². The van der Waals surface area contributed by atoms with Gasteiger partial charge in [-0.1, -0.05) is 20.8 Å². The largest absolute Gasteiger partial charge is 0.471 e. The molecule has 0 fully saturated rings. The minimum atomic E-state index is -4.78. The van der Waals surface area contributed by atoms with Crippen molar-refractivity contribution < 1.29 is 18.0 Å². The highest BCUT2D eigenvalue weighted by molar-refractivity contribution is 5.81. The Balaban J connectivity index is 4.65. The first-order chi connectivity index (χ1) is 5.98. The van der Waals surface area contributed by atoms with E-state index in [1.54, 1.807) is 27.7 Å². The Bertz CT molecular complexity index is 217. The molecule has 1 atom stereocenters. The van der Waals surface area contributed by atoms with Gasteiger partial charge in [0, 0.05) is 13.1 Å². The van der Waals surface area contributed by atoms with E-state index in [1.807, 2.05) is 0 Å². The molecule has 0 N–H and O–H groups in total. The van der Waals surface area contributed by atoms with E-state index in [9.17, 15) is 18.0 Å². The number of amides is 1. The molecule has 0 aromatic heterocycles. The molecular weight excluding hydrogens is 195 g/mol. The van der Waals surface area contributed by atoms with Crippen molar-refractivity contribution in [3.05, 3.63) is 0 Å². The number of carbonyl (C=O) groups excluding carboxylic acids is 1. The van der Waals surface area contributed by atoms with Crippen molar-refractivity contribution in [1.29, 1.82) is 0 Å². The van der Waals surface area contributed by atoms with E-state index in [2.05, 4.69) is 0 Å². The highest BCUT2D eigenvalue weighted by Crippen LogP contribution is 2.26. The Hall–Kier alpha value is -0.740. The second kappa shape index (κ2) is 3.79. The normalized spacial score (nSPS) is 15.1. The van der Waals surface area contributed by atoms with Gasteiger partial charge in [-0.3, -0.25) is 4.79 Å².